The number of anilines is 1. The van der Waals surface area contributed by atoms with Gasteiger partial charge in [0.2, 0.25) is 21.7 Å². The van der Waals surface area contributed by atoms with Gasteiger partial charge in [-0.25, -0.2) is 40.3 Å². The zero-order valence-corrected chi connectivity index (χ0v) is 28.5. The average molecular weight is 723 g/mol. The monoisotopic (exact) mass is 722 g/mol. The van der Waals surface area contributed by atoms with E-state index < -0.39 is 63.0 Å². The first-order chi connectivity index (χ1) is 23.0. The van der Waals surface area contributed by atoms with Gasteiger partial charge < -0.3 is 9.64 Å². The van der Waals surface area contributed by atoms with Crippen molar-refractivity contribution in [1.29, 1.82) is 0 Å². The fourth-order valence-corrected chi connectivity index (χ4v) is 6.77. The molecule has 0 aliphatic heterocycles. The molecule has 260 valence electrons. The normalized spacial score (nSPS) is 13.5. The van der Waals surface area contributed by atoms with Gasteiger partial charge in [-0.1, -0.05) is 62.7 Å². The summed E-state index contributed by atoms with van der Waals surface area (Å²) in [5.74, 6) is -13.1. The Morgan fingerprint density at radius 3 is 1.98 bits per heavy atom. The van der Waals surface area contributed by atoms with Crippen LogP contribution < -0.4 is 9.64 Å². The number of carbonyl (C=O) groups is 1. The minimum atomic E-state index is -5.56. The summed E-state index contributed by atoms with van der Waals surface area (Å²) in [5, 5.41) is 0.280. The molecule has 1 fully saturated rings. The molecular formula is C34H32ClF5N4O4S. The number of sulfonamides is 1. The van der Waals surface area contributed by atoms with Crippen LogP contribution in [0.1, 0.15) is 61.8 Å². The van der Waals surface area contributed by atoms with E-state index in [1.54, 1.807) is 0 Å². The molecule has 1 saturated carbocycles. The van der Waals surface area contributed by atoms with Crippen LogP contribution in [-0.4, -0.2) is 42.3 Å². The molecule has 4 aromatic rings. The van der Waals surface area contributed by atoms with Crippen LogP contribution in [0.4, 0.5) is 27.6 Å². The predicted molar refractivity (Wildman–Crippen MR) is 172 cm³/mol. The van der Waals surface area contributed by atoms with Gasteiger partial charge in [-0.15, -0.1) is 0 Å². The van der Waals surface area contributed by atoms with E-state index in [2.05, 4.69) is 16.0 Å². The van der Waals surface area contributed by atoms with Gasteiger partial charge in [0.1, 0.15) is 0 Å². The van der Waals surface area contributed by atoms with E-state index in [4.69, 9.17) is 16.3 Å². The summed E-state index contributed by atoms with van der Waals surface area (Å²) < 4.78 is 105. The number of hydrogen-bond donors (Lipinski definition) is 0. The molecule has 15 heteroatoms. The second-order valence-electron chi connectivity index (χ2n) is 12.7. The van der Waals surface area contributed by atoms with Crippen LogP contribution in [0.5, 0.6) is 6.01 Å². The third kappa shape index (κ3) is 7.86. The van der Waals surface area contributed by atoms with Crippen LogP contribution in [0.2, 0.25) is 5.02 Å². The Bertz CT molecular complexity index is 1960. The van der Waals surface area contributed by atoms with Crippen LogP contribution in [-0.2, 0) is 33.3 Å². The fraction of sp³-hybridized carbons (Fsp3) is 0.324. The Balaban J connectivity index is 1.60. The summed E-state index contributed by atoms with van der Waals surface area (Å²) in [5.41, 5.74) is 2.86. The van der Waals surface area contributed by atoms with Crippen LogP contribution >= 0.6 is 11.6 Å². The highest BCUT2D eigenvalue weighted by Crippen LogP contribution is 2.42. The molecule has 0 atom stereocenters. The molecule has 0 saturated heterocycles. The first kappa shape index (κ1) is 36.1. The van der Waals surface area contributed by atoms with Crippen molar-refractivity contribution in [3.05, 3.63) is 111 Å². The molecule has 5 rings (SSSR count). The first-order valence-electron chi connectivity index (χ1n) is 15.1. The fourth-order valence-electron chi connectivity index (χ4n) is 5.15. The summed E-state index contributed by atoms with van der Waals surface area (Å²) in [4.78, 5) is 21.5. The number of carbonyl (C=O) groups excluding carboxylic acids is 1. The maximum absolute atomic E-state index is 14.9. The smallest absolute Gasteiger partial charge is 0.316 e. The van der Waals surface area contributed by atoms with Gasteiger partial charge in [0.25, 0.3) is 0 Å². The van der Waals surface area contributed by atoms with E-state index in [0.717, 1.165) is 24.0 Å². The zero-order chi connectivity index (χ0) is 35.8. The average Bonchev–Trinajstić information content (AvgIpc) is 3.91. The minimum Gasteiger partial charge on any atom is -0.467 e. The summed E-state index contributed by atoms with van der Waals surface area (Å²) in [7, 11) is -4.22. The molecular weight excluding hydrogens is 691 g/mol. The van der Waals surface area contributed by atoms with Crippen LogP contribution in [0.25, 0.3) is 0 Å². The maximum Gasteiger partial charge on any atom is 0.316 e. The van der Waals surface area contributed by atoms with Crippen molar-refractivity contribution in [2.45, 2.75) is 62.9 Å². The van der Waals surface area contributed by atoms with Gasteiger partial charge in [0.05, 0.1) is 38.3 Å². The molecule has 3 aromatic carbocycles. The summed E-state index contributed by atoms with van der Waals surface area (Å²) in [6, 6.07) is 11.6. The van der Waals surface area contributed by atoms with E-state index in [1.165, 1.54) is 48.7 Å². The van der Waals surface area contributed by atoms with Crippen molar-refractivity contribution in [3.63, 3.8) is 0 Å². The number of ether oxygens (including phenoxy) is 1. The Morgan fingerprint density at radius 2 is 1.45 bits per heavy atom. The van der Waals surface area contributed by atoms with Crippen molar-refractivity contribution >= 4 is 33.2 Å². The third-order valence-electron chi connectivity index (χ3n) is 8.03. The molecule has 0 spiro atoms. The van der Waals surface area contributed by atoms with Gasteiger partial charge in [0.15, 0.2) is 28.2 Å². The lowest BCUT2D eigenvalue weighted by Gasteiger charge is -2.28. The van der Waals surface area contributed by atoms with E-state index in [0.29, 0.717) is 15.8 Å². The minimum absolute atomic E-state index is 0.0137. The maximum atomic E-state index is 14.9. The van der Waals surface area contributed by atoms with Crippen LogP contribution in [0.15, 0.2) is 59.8 Å². The zero-order valence-electron chi connectivity index (χ0n) is 26.9. The third-order valence-corrected chi connectivity index (χ3v) is 10.1. The van der Waals surface area contributed by atoms with Crippen molar-refractivity contribution < 1.29 is 39.9 Å². The number of nitrogens with zero attached hydrogens (tertiary/aromatic N) is 4. The largest absolute Gasteiger partial charge is 0.467 e. The molecule has 49 heavy (non-hydrogen) atoms. The number of methoxy groups -OCH3 is 1. The summed E-state index contributed by atoms with van der Waals surface area (Å²) in [6.07, 6.45) is 4.58. The van der Waals surface area contributed by atoms with Crippen molar-refractivity contribution in [1.82, 2.24) is 14.3 Å². The van der Waals surface area contributed by atoms with E-state index in [1.807, 2.05) is 32.9 Å². The highest BCUT2D eigenvalue weighted by atomic mass is 35.5. The lowest BCUT2D eigenvalue weighted by molar-refractivity contribution is -0.119. The van der Waals surface area contributed by atoms with Gasteiger partial charge >= 0.3 is 6.01 Å². The second kappa shape index (κ2) is 14.0. The summed E-state index contributed by atoms with van der Waals surface area (Å²) in [6.45, 7) is 4.26. The van der Waals surface area contributed by atoms with Crippen LogP contribution in [0.3, 0.4) is 0 Å². The highest BCUT2D eigenvalue weighted by Gasteiger charge is 2.39. The SMILES string of the molecule is COc1ncc(N(Cc2cc(C3CC3)cc(C(C)(C)C)c2)C(=O)CN(Cc2ccc(Cl)cc2)S(=O)(=O)c2c(F)c(F)c(F)c(F)c2F)cn1. The van der Waals surface area contributed by atoms with Gasteiger partial charge in [-0.3, -0.25) is 4.79 Å². The van der Waals surface area contributed by atoms with Gasteiger partial charge in [0, 0.05) is 11.6 Å². The quantitative estimate of drug-likeness (QED) is 0.0909. The van der Waals surface area contributed by atoms with Gasteiger partial charge in [-0.05, 0) is 58.6 Å². The molecule has 1 aliphatic carbocycles. The number of hydrogen-bond acceptors (Lipinski definition) is 6. The number of halogens is 6. The number of amides is 1. The van der Waals surface area contributed by atoms with Crippen LogP contribution in [0, 0.1) is 29.1 Å². The Kier molecular flexibility index (Phi) is 10.3. The molecule has 0 unspecified atom stereocenters. The Labute approximate surface area is 285 Å². The Hall–Kier alpha value is -4.14. The van der Waals surface area contributed by atoms with E-state index >= 15 is 0 Å². The van der Waals surface area contributed by atoms with Crippen molar-refractivity contribution in [2.75, 3.05) is 18.6 Å². The molecule has 1 aliphatic rings. The van der Waals surface area contributed by atoms with Crippen molar-refractivity contribution in [3.8, 4) is 6.01 Å². The lowest BCUT2D eigenvalue weighted by Crippen LogP contribution is -2.43. The molecule has 0 radical (unpaired) electrons. The number of rotatable bonds is 11. The molecule has 0 N–H and O–H groups in total. The molecule has 8 nitrogen and oxygen atoms in total. The standard InChI is InChI=1S/C34H32ClF5N4O4S/c1-34(2,3)23-12-20(11-22(13-23)21-7-8-21)17-44(25-14-41-33(48-4)42-15-25)26(45)18-43(16-19-5-9-24(35)10-6-19)49(46,47)32-30(39)28(37)27(36)29(38)31(32)40/h5-6,9-15,21H,7-8,16-18H2,1-4H3. The van der Waals surface area contributed by atoms with Crippen molar-refractivity contribution in [2.24, 2.45) is 0 Å². The number of aromatic nitrogens is 2. The lowest BCUT2D eigenvalue weighted by atomic mass is 9.84. The topological polar surface area (TPSA) is 92.7 Å². The van der Waals surface area contributed by atoms with E-state index in [-0.39, 0.29) is 34.2 Å². The molecule has 1 heterocycles. The van der Waals surface area contributed by atoms with Gasteiger partial charge in [-0.2, -0.15) is 4.31 Å². The second-order valence-corrected chi connectivity index (χ2v) is 15.0. The molecule has 1 aromatic heterocycles. The molecule has 0 bridgehead atoms. The Morgan fingerprint density at radius 1 is 0.878 bits per heavy atom. The molecule has 1 amide bonds. The highest BCUT2D eigenvalue weighted by molar-refractivity contribution is 7.89. The van der Waals surface area contributed by atoms with E-state index in [9.17, 15) is 35.2 Å². The summed E-state index contributed by atoms with van der Waals surface area (Å²) >= 11 is 5.96. The predicted octanol–water partition coefficient (Wildman–Crippen LogP) is 7.43. The number of benzene rings is 3. The first-order valence-corrected chi connectivity index (χ1v) is 16.9.